The number of esters is 1. The number of methoxy groups -OCH3 is 1. The van der Waals surface area contributed by atoms with E-state index < -0.39 is 41.9 Å². The Morgan fingerprint density at radius 1 is 1.50 bits per heavy atom. The van der Waals surface area contributed by atoms with Gasteiger partial charge in [-0.05, 0) is 0 Å². The number of hydrogen-bond donors (Lipinski definition) is 4. The Balaban J connectivity index is 2.41. The third kappa shape index (κ3) is 2.73. The van der Waals surface area contributed by atoms with Gasteiger partial charge >= 0.3 is 11.7 Å². The van der Waals surface area contributed by atoms with E-state index in [2.05, 4.69) is 4.74 Å². The van der Waals surface area contributed by atoms with Crippen molar-refractivity contribution in [2.24, 2.45) is 0 Å². The summed E-state index contributed by atoms with van der Waals surface area (Å²) in [4.78, 5) is 36.7. The minimum absolute atomic E-state index is 0.0841. The van der Waals surface area contributed by atoms with E-state index in [1.165, 1.54) is 0 Å². The van der Waals surface area contributed by atoms with Gasteiger partial charge in [0.1, 0.15) is 6.61 Å². The Kier molecular flexibility index (Phi) is 4.33. The van der Waals surface area contributed by atoms with Crippen molar-refractivity contribution in [1.82, 2.24) is 9.55 Å². The van der Waals surface area contributed by atoms with Gasteiger partial charge in [-0.15, -0.1) is 0 Å². The predicted molar refractivity (Wildman–Crippen MR) is 69.9 cm³/mol. The van der Waals surface area contributed by atoms with Gasteiger partial charge in [0.2, 0.25) is 6.23 Å². The summed E-state index contributed by atoms with van der Waals surface area (Å²) in [5.74, 6) is -1.59. The topological polar surface area (TPSA) is 151 Å². The van der Waals surface area contributed by atoms with E-state index in [-0.39, 0.29) is 17.7 Å². The second-order valence-corrected chi connectivity index (χ2v) is 4.49. The minimum Gasteiger partial charge on any atom is -0.506 e. The fourth-order valence-electron chi connectivity index (χ4n) is 1.97. The number of rotatable bonds is 4. The SMILES string of the molecule is COC(=O)Cc1cn([C@@H]2OC(CO)=C(O)C2O)c(=O)[nH]c1=O. The summed E-state index contributed by atoms with van der Waals surface area (Å²) in [6, 6.07) is 0. The molecule has 1 aliphatic heterocycles. The van der Waals surface area contributed by atoms with Crippen molar-refractivity contribution in [1.29, 1.82) is 0 Å². The average Bonchev–Trinajstić information content (AvgIpc) is 2.77. The van der Waals surface area contributed by atoms with Crippen LogP contribution in [0.4, 0.5) is 0 Å². The van der Waals surface area contributed by atoms with Gasteiger partial charge in [0.15, 0.2) is 17.6 Å². The Hall–Kier alpha value is -2.59. The average molecular weight is 314 g/mol. The number of aromatic nitrogens is 2. The molecule has 0 aromatic carbocycles. The van der Waals surface area contributed by atoms with Gasteiger partial charge in [-0.3, -0.25) is 19.1 Å². The van der Waals surface area contributed by atoms with E-state index in [1.54, 1.807) is 0 Å². The molecule has 10 nitrogen and oxygen atoms in total. The van der Waals surface area contributed by atoms with Gasteiger partial charge in [-0.1, -0.05) is 0 Å². The van der Waals surface area contributed by atoms with Crippen LogP contribution in [0, 0.1) is 0 Å². The molecule has 0 saturated carbocycles. The lowest BCUT2D eigenvalue weighted by atomic mass is 10.2. The van der Waals surface area contributed by atoms with Gasteiger partial charge in [-0.2, -0.15) is 0 Å². The molecule has 0 radical (unpaired) electrons. The maximum Gasteiger partial charge on any atom is 0.331 e. The fourth-order valence-corrected chi connectivity index (χ4v) is 1.97. The zero-order chi connectivity index (χ0) is 16.4. The first kappa shape index (κ1) is 15.8. The maximum absolute atomic E-state index is 11.8. The molecule has 1 aliphatic rings. The van der Waals surface area contributed by atoms with Gasteiger partial charge in [0.05, 0.1) is 13.5 Å². The van der Waals surface area contributed by atoms with Crippen LogP contribution in [0.5, 0.6) is 0 Å². The Morgan fingerprint density at radius 3 is 2.73 bits per heavy atom. The number of aromatic amines is 1. The van der Waals surface area contributed by atoms with Crippen LogP contribution >= 0.6 is 0 Å². The number of aliphatic hydroxyl groups is 3. The number of H-pyrrole nitrogens is 1. The molecule has 2 heterocycles. The lowest BCUT2D eigenvalue weighted by molar-refractivity contribution is -0.139. The summed E-state index contributed by atoms with van der Waals surface area (Å²) in [7, 11) is 1.14. The normalized spacial score (nSPS) is 20.9. The highest BCUT2D eigenvalue weighted by molar-refractivity contribution is 5.72. The Morgan fingerprint density at radius 2 is 2.18 bits per heavy atom. The summed E-state index contributed by atoms with van der Waals surface area (Å²) in [6.07, 6.45) is -2.33. The minimum atomic E-state index is -1.60. The Bertz CT molecular complexity index is 731. The molecule has 0 fully saturated rings. The van der Waals surface area contributed by atoms with Gasteiger partial charge in [-0.25, -0.2) is 4.79 Å². The number of ether oxygens (including phenoxy) is 2. The van der Waals surface area contributed by atoms with Crippen molar-refractivity contribution in [2.75, 3.05) is 13.7 Å². The van der Waals surface area contributed by atoms with Gasteiger partial charge in [0.25, 0.3) is 5.56 Å². The zero-order valence-corrected chi connectivity index (χ0v) is 11.5. The zero-order valence-electron chi connectivity index (χ0n) is 11.5. The highest BCUT2D eigenvalue weighted by Crippen LogP contribution is 2.29. The van der Waals surface area contributed by atoms with Gasteiger partial charge in [0, 0.05) is 11.8 Å². The fraction of sp³-hybridized carbons (Fsp3) is 0.417. The molecule has 1 aromatic rings. The number of carbonyl (C=O) groups is 1. The molecule has 0 saturated heterocycles. The summed E-state index contributed by atoms with van der Waals surface area (Å²) in [6.45, 7) is -0.674. The molecule has 0 spiro atoms. The van der Waals surface area contributed by atoms with Crippen LogP contribution in [-0.4, -0.2) is 50.7 Å². The molecule has 4 N–H and O–H groups in total. The van der Waals surface area contributed by atoms with Crippen LogP contribution in [0.3, 0.4) is 0 Å². The second-order valence-electron chi connectivity index (χ2n) is 4.49. The molecular weight excluding hydrogens is 300 g/mol. The van der Waals surface area contributed by atoms with Crippen molar-refractivity contribution in [3.63, 3.8) is 0 Å². The van der Waals surface area contributed by atoms with Crippen LogP contribution in [0.15, 0.2) is 27.3 Å². The largest absolute Gasteiger partial charge is 0.506 e. The van der Waals surface area contributed by atoms with Crippen LogP contribution in [0.1, 0.15) is 11.8 Å². The van der Waals surface area contributed by atoms with Crippen LogP contribution < -0.4 is 11.2 Å². The van der Waals surface area contributed by atoms with E-state index >= 15 is 0 Å². The van der Waals surface area contributed by atoms with Crippen molar-refractivity contribution < 1.29 is 29.6 Å². The number of carbonyl (C=O) groups excluding carboxylic acids is 1. The molecule has 0 aliphatic carbocycles. The summed E-state index contributed by atoms with van der Waals surface area (Å²) in [5.41, 5.74) is -1.77. The van der Waals surface area contributed by atoms with Gasteiger partial charge < -0.3 is 24.8 Å². The number of hydrogen-bond acceptors (Lipinski definition) is 8. The van der Waals surface area contributed by atoms with Crippen LogP contribution in [0.25, 0.3) is 0 Å². The second kappa shape index (κ2) is 6.03. The molecule has 120 valence electrons. The lowest BCUT2D eigenvalue weighted by Gasteiger charge is -2.18. The van der Waals surface area contributed by atoms with Crippen molar-refractivity contribution >= 4 is 5.97 Å². The monoisotopic (exact) mass is 314 g/mol. The van der Waals surface area contributed by atoms with E-state index in [1.807, 2.05) is 4.98 Å². The van der Waals surface area contributed by atoms with Crippen molar-refractivity contribution in [3.8, 4) is 0 Å². The molecule has 1 unspecified atom stereocenters. The third-order valence-corrected chi connectivity index (χ3v) is 3.12. The van der Waals surface area contributed by atoms with E-state index in [0.29, 0.717) is 0 Å². The summed E-state index contributed by atoms with van der Waals surface area (Å²) >= 11 is 0. The first-order valence-corrected chi connectivity index (χ1v) is 6.17. The van der Waals surface area contributed by atoms with Crippen molar-refractivity contribution in [3.05, 3.63) is 44.1 Å². The molecule has 2 rings (SSSR count). The number of nitrogens with zero attached hydrogens (tertiary/aromatic N) is 1. The lowest BCUT2D eigenvalue weighted by Crippen LogP contribution is -2.38. The first-order chi connectivity index (χ1) is 10.4. The van der Waals surface area contributed by atoms with E-state index in [0.717, 1.165) is 17.9 Å². The summed E-state index contributed by atoms with van der Waals surface area (Å²) in [5, 5.41) is 28.4. The summed E-state index contributed by atoms with van der Waals surface area (Å²) < 4.78 is 10.3. The third-order valence-electron chi connectivity index (χ3n) is 3.12. The smallest absolute Gasteiger partial charge is 0.331 e. The maximum atomic E-state index is 11.8. The molecule has 1 aromatic heterocycles. The molecule has 2 atom stereocenters. The molecule has 22 heavy (non-hydrogen) atoms. The molecule has 10 heteroatoms. The number of nitrogens with one attached hydrogen (secondary N) is 1. The van der Waals surface area contributed by atoms with Crippen LogP contribution in [0.2, 0.25) is 0 Å². The number of aliphatic hydroxyl groups excluding tert-OH is 3. The quantitative estimate of drug-likeness (QED) is 0.461. The molecule has 0 amide bonds. The molecule has 0 bridgehead atoms. The Labute approximate surface area is 122 Å². The standard InChI is InChI=1S/C12H14N2O8/c1-21-7(16)2-5-3-14(12(20)13-10(5)19)11-9(18)8(17)6(4-15)22-11/h3,9,11,15,17-18H,2,4H2,1H3,(H,13,19,20)/t9?,11-/m1/s1. The van der Waals surface area contributed by atoms with Crippen molar-refractivity contribution in [2.45, 2.75) is 18.8 Å². The highest BCUT2D eigenvalue weighted by Gasteiger charge is 2.37. The predicted octanol–water partition coefficient (Wildman–Crippen LogP) is -2.10. The van der Waals surface area contributed by atoms with E-state index in [9.17, 15) is 24.6 Å². The van der Waals surface area contributed by atoms with E-state index in [4.69, 9.17) is 9.84 Å². The molecular formula is C12H14N2O8. The first-order valence-electron chi connectivity index (χ1n) is 6.17. The highest BCUT2D eigenvalue weighted by atomic mass is 16.5. The van der Waals surface area contributed by atoms with Crippen LogP contribution in [-0.2, 0) is 20.7 Å².